The topological polar surface area (TPSA) is 118 Å². The molecule has 0 saturated heterocycles. The molecular weight excluding hydrogens is 460 g/mol. The largest absolute Gasteiger partial charge is 0.462 e. The van der Waals surface area contributed by atoms with Crippen molar-refractivity contribution in [1.82, 2.24) is 4.98 Å². The van der Waals surface area contributed by atoms with Crippen LogP contribution in [0.5, 0.6) is 0 Å². The van der Waals surface area contributed by atoms with E-state index in [0.717, 1.165) is 36.8 Å². The predicted octanol–water partition coefficient (Wildman–Crippen LogP) is 5.81. The van der Waals surface area contributed by atoms with Crippen LogP contribution in [0.2, 0.25) is 0 Å². The molecule has 1 aliphatic carbocycles. The van der Waals surface area contributed by atoms with Crippen molar-refractivity contribution in [3.63, 3.8) is 0 Å². The van der Waals surface area contributed by atoms with Crippen LogP contribution in [-0.4, -0.2) is 22.5 Å². The van der Waals surface area contributed by atoms with Gasteiger partial charge in [0.1, 0.15) is 21.7 Å². The summed E-state index contributed by atoms with van der Waals surface area (Å²) in [6.45, 7) is 2.08. The first-order valence-corrected chi connectivity index (χ1v) is 12.1. The normalized spacial score (nSPS) is 13.2. The van der Waals surface area contributed by atoms with E-state index in [1.165, 1.54) is 39.7 Å². The highest BCUT2D eigenvalue weighted by Gasteiger charge is 2.26. The number of hydrogen-bond donors (Lipinski definition) is 1. The van der Waals surface area contributed by atoms with Crippen LogP contribution in [0.25, 0.3) is 16.8 Å². The summed E-state index contributed by atoms with van der Waals surface area (Å²) in [6.07, 6.45) is 5.49. The van der Waals surface area contributed by atoms with Crippen molar-refractivity contribution in [3.05, 3.63) is 67.0 Å². The number of aromatic nitrogens is 1. The number of esters is 1. The molecule has 1 aromatic carbocycles. The van der Waals surface area contributed by atoms with Crippen molar-refractivity contribution < 1.29 is 14.5 Å². The molecule has 0 aliphatic heterocycles. The van der Waals surface area contributed by atoms with Crippen molar-refractivity contribution in [2.45, 2.75) is 32.6 Å². The Bertz CT molecular complexity index is 1270. The molecule has 0 unspecified atom stereocenters. The van der Waals surface area contributed by atoms with Crippen molar-refractivity contribution in [1.29, 1.82) is 5.26 Å². The van der Waals surface area contributed by atoms with Gasteiger partial charge in [0.2, 0.25) is 0 Å². The lowest BCUT2D eigenvalue weighted by molar-refractivity contribution is -0.384. The number of thiazole rings is 1. The highest BCUT2D eigenvalue weighted by atomic mass is 32.1. The number of carbonyl (C=O) groups is 1. The van der Waals surface area contributed by atoms with Crippen LogP contribution in [0.15, 0.2) is 35.8 Å². The van der Waals surface area contributed by atoms with E-state index >= 15 is 0 Å². The Hall–Kier alpha value is -3.55. The Morgan fingerprint density at radius 2 is 2.09 bits per heavy atom. The number of carbonyl (C=O) groups excluding carboxylic acids is 1. The van der Waals surface area contributed by atoms with Crippen molar-refractivity contribution in [2.24, 2.45) is 0 Å². The first kappa shape index (κ1) is 22.6. The third-order valence-corrected chi connectivity index (χ3v) is 7.33. The molecule has 4 rings (SSSR count). The molecule has 0 fully saturated rings. The van der Waals surface area contributed by atoms with E-state index in [1.54, 1.807) is 30.6 Å². The maximum Gasteiger partial charge on any atom is 0.341 e. The Balaban J connectivity index is 1.60. The molecule has 1 N–H and O–H groups in total. The zero-order chi connectivity index (χ0) is 23.4. The third-order valence-electron chi connectivity index (χ3n) is 5.23. The molecule has 10 heteroatoms. The summed E-state index contributed by atoms with van der Waals surface area (Å²) in [5.74, 6) is -0.346. The van der Waals surface area contributed by atoms with Gasteiger partial charge in [-0.2, -0.15) is 5.26 Å². The fourth-order valence-corrected chi connectivity index (χ4v) is 5.69. The highest BCUT2D eigenvalue weighted by Crippen LogP contribution is 2.39. The maximum atomic E-state index is 12.6. The second-order valence-corrected chi connectivity index (χ2v) is 9.25. The number of rotatable bonds is 7. The van der Waals surface area contributed by atoms with Gasteiger partial charge in [0, 0.05) is 34.2 Å². The minimum Gasteiger partial charge on any atom is -0.462 e. The first-order chi connectivity index (χ1) is 16.0. The molecule has 0 radical (unpaired) electrons. The first-order valence-electron chi connectivity index (χ1n) is 10.4. The maximum absolute atomic E-state index is 12.6. The second kappa shape index (κ2) is 9.94. The summed E-state index contributed by atoms with van der Waals surface area (Å²) in [5, 5.41) is 26.7. The molecule has 0 amide bonds. The fraction of sp³-hybridized carbons (Fsp3) is 0.261. The van der Waals surface area contributed by atoms with Crippen LogP contribution in [0.1, 0.15) is 45.6 Å². The molecule has 33 heavy (non-hydrogen) atoms. The van der Waals surface area contributed by atoms with Crippen LogP contribution in [0.4, 0.5) is 10.7 Å². The molecule has 168 valence electrons. The molecule has 0 atom stereocenters. The number of nitro benzene ring substituents is 1. The molecule has 0 saturated carbocycles. The SMILES string of the molecule is CCOC(=O)c1c(NC=C(C#N)c2nc(-c3ccc([N+](=O)[O-])cc3)cs2)sc2c1CCCC2. The smallest absolute Gasteiger partial charge is 0.341 e. The molecule has 0 bridgehead atoms. The fourth-order valence-electron chi connectivity index (χ4n) is 3.65. The number of hydrogen-bond acceptors (Lipinski definition) is 9. The summed E-state index contributed by atoms with van der Waals surface area (Å²) in [5.41, 5.74) is 3.31. The van der Waals surface area contributed by atoms with Gasteiger partial charge in [-0.15, -0.1) is 22.7 Å². The Kier molecular flexibility index (Phi) is 6.82. The number of aryl methyl sites for hydroxylation is 1. The monoisotopic (exact) mass is 480 g/mol. The summed E-state index contributed by atoms with van der Waals surface area (Å²) in [4.78, 5) is 28.7. The average molecular weight is 481 g/mol. The minimum atomic E-state index is -0.453. The molecule has 0 spiro atoms. The van der Waals surface area contributed by atoms with Gasteiger partial charge < -0.3 is 10.1 Å². The average Bonchev–Trinajstić information content (AvgIpc) is 3.45. The number of anilines is 1. The van der Waals surface area contributed by atoms with E-state index in [0.29, 0.717) is 33.4 Å². The number of fused-ring (bicyclic) bond motifs is 1. The van der Waals surface area contributed by atoms with Gasteiger partial charge in [-0.3, -0.25) is 10.1 Å². The molecule has 2 heterocycles. The number of ether oxygens (including phenoxy) is 1. The van der Waals surface area contributed by atoms with Gasteiger partial charge in [0.15, 0.2) is 0 Å². The molecule has 3 aromatic rings. The Labute approximate surface area is 198 Å². The number of nitro groups is 1. The minimum absolute atomic E-state index is 0.00654. The van der Waals surface area contributed by atoms with Crippen molar-refractivity contribution in [2.75, 3.05) is 11.9 Å². The second-order valence-electron chi connectivity index (χ2n) is 7.29. The summed E-state index contributed by atoms with van der Waals surface area (Å²) >= 11 is 2.84. The van der Waals surface area contributed by atoms with E-state index in [1.807, 2.05) is 0 Å². The van der Waals surface area contributed by atoms with Gasteiger partial charge in [-0.25, -0.2) is 9.78 Å². The van der Waals surface area contributed by atoms with Crippen LogP contribution in [0.3, 0.4) is 0 Å². The van der Waals surface area contributed by atoms with Gasteiger partial charge in [-0.1, -0.05) is 0 Å². The Morgan fingerprint density at radius 3 is 2.79 bits per heavy atom. The third kappa shape index (κ3) is 4.79. The lowest BCUT2D eigenvalue weighted by Gasteiger charge is -2.12. The Morgan fingerprint density at radius 1 is 1.33 bits per heavy atom. The standard InChI is InChI=1S/C23H20N4O4S2/c1-2-31-23(28)20-17-5-3-4-6-19(17)33-22(20)25-12-15(11-24)21-26-18(13-32-21)14-7-9-16(10-8-14)27(29)30/h7-10,12-13,25H,2-6H2,1H3. The van der Waals surface area contributed by atoms with Crippen LogP contribution in [0, 0.1) is 21.4 Å². The lowest BCUT2D eigenvalue weighted by Crippen LogP contribution is -2.10. The van der Waals surface area contributed by atoms with Gasteiger partial charge in [0.05, 0.1) is 22.8 Å². The van der Waals surface area contributed by atoms with Crippen LogP contribution in [-0.2, 0) is 17.6 Å². The van der Waals surface area contributed by atoms with E-state index in [9.17, 15) is 20.2 Å². The zero-order valence-corrected chi connectivity index (χ0v) is 19.4. The number of thiophene rings is 1. The van der Waals surface area contributed by atoms with Crippen LogP contribution < -0.4 is 5.32 Å². The molecule has 8 nitrogen and oxygen atoms in total. The number of nitriles is 1. The quantitative estimate of drug-likeness (QED) is 0.196. The number of allylic oxidation sites excluding steroid dienone is 1. The van der Waals surface area contributed by atoms with Crippen molar-refractivity contribution >= 4 is 44.9 Å². The summed E-state index contributed by atoms with van der Waals surface area (Å²) in [7, 11) is 0. The molecule has 1 aliphatic rings. The summed E-state index contributed by atoms with van der Waals surface area (Å²) in [6, 6.07) is 8.27. The lowest BCUT2D eigenvalue weighted by atomic mass is 9.95. The van der Waals surface area contributed by atoms with E-state index in [-0.39, 0.29) is 11.7 Å². The number of nitrogens with one attached hydrogen (secondary N) is 1. The number of nitrogens with zero attached hydrogens (tertiary/aromatic N) is 3. The van der Waals surface area contributed by atoms with Crippen molar-refractivity contribution in [3.8, 4) is 17.3 Å². The zero-order valence-electron chi connectivity index (χ0n) is 17.8. The highest BCUT2D eigenvalue weighted by molar-refractivity contribution is 7.16. The molecule has 2 aromatic heterocycles. The predicted molar refractivity (Wildman–Crippen MR) is 128 cm³/mol. The number of non-ortho nitro benzene ring substituents is 1. The van der Waals surface area contributed by atoms with Gasteiger partial charge in [0.25, 0.3) is 5.69 Å². The summed E-state index contributed by atoms with van der Waals surface area (Å²) < 4.78 is 5.28. The van der Waals surface area contributed by atoms with Gasteiger partial charge >= 0.3 is 5.97 Å². The van der Waals surface area contributed by atoms with E-state index < -0.39 is 4.92 Å². The molecular formula is C23H20N4O4S2. The van der Waals surface area contributed by atoms with Crippen LogP contribution >= 0.6 is 22.7 Å². The number of benzene rings is 1. The van der Waals surface area contributed by atoms with Gasteiger partial charge in [-0.05, 0) is 50.3 Å². The van der Waals surface area contributed by atoms with E-state index in [2.05, 4.69) is 16.4 Å². The van der Waals surface area contributed by atoms with E-state index in [4.69, 9.17) is 4.74 Å².